The minimum Gasteiger partial charge on any atom is -0.508 e. The Morgan fingerprint density at radius 2 is 2.16 bits per heavy atom. The second kappa shape index (κ2) is 5.16. The van der Waals surface area contributed by atoms with Crippen molar-refractivity contribution in [1.82, 2.24) is 4.98 Å². The summed E-state index contributed by atoms with van der Waals surface area (Å²) < 4.78 is 0. The molecule has 1 heterocycles. The molecule has 4 N–H and O–H groups in total. The van der Waals surface area contributed by atoms with Gasteiger partial charge in [-0.1, -0.05) is 11.6 Å². The van der Waals surface area contributed by atoms with E-state index in [9.17, 15) is 9.90 Å². The lowest BCUT2D eigenvalue weighted by molar-refractivity contribution is 0.102. The van der Waals surface area contributed by atoms with Crippen molar-refractivity contribution in [3.63, 3.8) is 0 Å². The number of amides is 1. The SMILES string of the molecule is Cc1cc(NC(=O)c2cc(O)ccc2N)cnc1Cl. The van der Waals surface area contributed by atoms with Gasteiger partial charge in [0.05, 0.1) is 17.4 Å². The van der Waals surface area contributed by atoms with Crippen LogP contribution in [-0.4, -0.2) is 16.0 Å². The van der Waals surface area contributed by atoms with Crippen molar-refractivity contribution in [3.05, 3.63) is 46.7 Å². The van der Waals surface area contributed by atoms with E-state index >= 15 is 0 Å². The van der Waals surface area contributed by atoms with E-state index in [4.69, 9.17) is 17.3 Å². The van der Waals surface area contributed by atoms with Gasteiger partial charge in [0.2, 0.25) is 0 Å². The second-order valence-electron chi connectivity index (χ2n) is 4.06. The van der Waals surface area contributed by atoms with Crippen molar-refractivity contribution in [2.24, 2.45) is 0 Å². The molecule has 98 valence electrons. The van der Waals surface area contributed by atoms with Gasteiger partial charge < -0.3 is 16.2 Å². The van der Waals surface area contributed by atoms with Gasteiger partial charge in [-0.05, 0) is 36.8 Å². The number of carbonyl (C=O) groups excluding carboxylic acids is 1. The largest absolute Gasteiger partial charge is 0.508 e. The molecule has 1 aromatic heterocycles. The quantitative estimate of drug-likeness (QED) is 0.447. The Morgan fingerprint density at radius 3 is 2.84 bits per heavy atom. The van der Waals surface area contributed by atoms with Crippen molar-refractivity contribution in [1.29, 1.82) is 0 Å². The van der Waals surface area contributed by atoms with Crippen molar-refractivity contribution in [2.45, 2.75) is 6.92 Å². The molecule has 1 aromatic carbocycles. The fourth-order valence-electron chi connectivity index (χ4n) is 1.57. The Morgan fingerprint density at radius 1 is 1.42 bits per heavy atom. The number of nitrogen functional groups attached to an aromatic ring is 1. The average Bonchev–Trinajstić information content (AvgIpc) is 2.36. The summed E-state index contributed by atoms with van der Waals surface area (Å²) in [4.78, 5) is 16.0. The number of pyridine rings is 1. The molecule has 0 fully saturated rings. The Balaban J connectivity index is 2.25. The molecule has 6 heteroatoms. The number of phenols is 1. The summed E-state index contributed by atoms with van der Waals surface area (Å²) in [6, 6.07) is 5.89. The summed E-state index contributed by atoms with van der Waals surface area (Å²) in [6.07, 6.45) is 1.45. The van der Waals surface area contributed by atoms with Crippen LogP contribution >= 0.6 is 11.6 Å². The van der Waals surface area contributed by atoms with Crippen molar-refractivity contribution >= 4 is 28.9 Å². The van der Waals surface area contributed by atoms with Gasteiger partial charge in [0.1, 0.15) is 10.9 Å². The topological polar surface area (TPSA) is 88.2 Å². The van der Waals surface area contributed by atoms with E-state index < -0.39 is 5.91 Å². The Bertz CT molecular complexity index is 644. The smallest absolute Gasteiger partial charge is 0.257 e. The maximum Gasteiger partial charge on any atom is 0.257 e. The summed E-state index contributed by atoms with van der Waals surface area (Å²) in [5, 5.41) is 12.4. The fraction of sp³-hybridized carbons (Fsp3) is 0.0769. The summed E-state index contributed by atoms with van der Waals surface area (Å²) in [5.41, 5.74) is 7.44. The Kier molecular flexibility index (Phi) is 3.57. The maximum absolute atomic E-state index is 12.0. The van der Waals surface area contributed by atoms with Crippen LogP contribution in [0.15, 0.2) is 30.5 Å². The highest BCUT2D eigenvalue weighted by Crippen LogP contribution is 2.21. The highest BCUT2D eigenvalue weighted by Gasteiger charge is 2.11. The number of aromatic nitrogens is 1. The number of aromatic hydroxyl groups is 1. The standard InChI is InChI=1S/C13H12ClN3O2/c1-7-4-8(6-16-12(7)14)17-13(19)10-5-9(18)2-3-11(10)15/h2-6,18H,15H2,1H3,(H,17,19). The minimum atomic E-state index is -0.420. The molecule has 5 nitrogen and oxygen atoms in total. The number of rotatable bonds is 2. The van der Waals surface area contributed by atoms with Crippen LogP contribution in [0, 0.1) is 6.92 Å². The van der Waals surface area contributed by atoms with Crippen molar-refractivity contribution < 1.29 is 9.90 Å². The number of hydrogen-bond donors (Lipinski definition) is 3. The van der Waals surface area contributed by atoms with Crippen LogP contribution in [0.5, 0.6) is 5.75 Å². The van der Waals surface area contributed by atoms with Crippen molar-refractivity contribution in [3.8, 4) is 5.75 Å². The van der Waals surface area contributed by atoms with E-state index in [1.165, 1.54) is 24.4 Å². The molecular weight excluding hydrogens is 266 g/mol. The van der Waals surface area contributed by atoms with Crippen LogP contribution in [0.3, 0.4) is 0 Å². The monoisotopic (exact) mass is 277 g/mol. The number of nitrogens with two attached hydrogens (primary N) is 1. The number of halogens is 1. The molecule has 0 aliphatic heterocycles. The first-order valence-corrected chi connectivity index (χ1v) is 5.87. The van der Waals surface area contributed by atoms with E-state index in [0.717, 1.165) is 5.56 Å². The molecule has 0 saturated carbocycles. The van der Waals surface area contributed by atoms with Crippen LogP contribution in [0.2, 0.25) is 5.15 Å². The Labute approximate surface area is 115 Å². The predicted octanol–water partition coefficient (Wildman–Crippen LogP) is 2.58. The molecule has 0 unspecified atom stereocenters. The van der Waals surface area contributed by atoms with Gasteiger partial charge in [0.25, 0.3) is 5.91 Å². The molecule has 1 amide bonds. The summed E-state index contributed by atoms with van der Waals surface area (Å²) in [5.74, 6) is -0.443. The first kappa shape index (κ1) is 13.2. The molecular formula is C13H12ClN3O2. The lowest BCUT2D eigenvalue weighted by Crippen LogP contribution is -2.14. The fourth-order valence-corrected chi connectivity index (χ4v) is 1.67. The molecule has 2 rings (SSSR count). The van der Waals surface area contributed by atoms with Crippen LogP contribution in [0.4, 0.5) is 11.4 Å². The zero-order valence-corrected chi connectivity index (χ0v) is 10.9. The highest BCUT2D eigenvalue weighted by atomic mass is 35.5. The molecule has 0 aliphatic rings. The summed E-state index contributed by atoms with van der Waals surface area (Å²) in [7, 11) is 0. The number of anilines is 2. The number of benzene rings is 1. The van der Waals surface area contributed by atoms with Crippen LogP contribution in [0.1, 0.15) is 15.9 Å². The van der Waals surface area contributed by atoms with Crippen molar-refractivity contribution in [2.75, 3.05) is 11.1 Å². The number of nitrogens with zero attached hydrogens (tertiary/aromatic N) is 1. The third-order valence-corrected chi connectivity index (χ3v) is 2.95. The van der Waals surface area contributed by atoms with Crippen LogP contribution in [-0.2, 0) is 0 Å². The molecule has 0 aliphatic carbocycles. The minimum absolute atomic E-state index is 0.0234. The van der Waals surface area contributed by atoms with E-state index in [-0.39, 0.29) is 17.0 Å². The number of carbonyl (C=O) groups is 1. The normalized spacial score (nSPS) is 10.2. The molecule has 0 saturated heterocycles. The van der Waals surface area contributed by atoms with Gasteiger partial charge in [-0.15, -0.1) is 0 Å². The zero-order valence-electron chi connectivity index (χ0n) is 10.1. The molecule has 0 bridgehead atoms. The summed E-state index contributed by atoms with van der Waals surface area (Å²) in [6.45, 7) is 1.79. The second-order valence-corrected chi connectivity index (χ2v) is 4.42. The first-order chi connectivity index (χ1) is 8.97. The van der Waals surface area contributed by atoms with Gasteiger partial charge in [0, 0.05) is 5.69 Å². The van der Waals surface area contributed by atoms with Gasteiger partial charge in [0.15, 0.2) is 0 Å². The van der Waals surface area contributed by atoms with Crippen LogP contribution in [0.25, 0.3) is 0 Å². The number of nitrogens with one attached hydrogen (secondary N) is 1. The van der Waals surface area contributed by atoms with E-state index in [1.807, 2.05) is 0 Å². The molecule has 19 heavy (non-hydrogen) atoms. The van der Waals surface area contributed by atoms with Gasteiger partial charge in [-0.25, -0.2) is 4.98 Å². The first-order valence-electron chi connectivity index (χ1n) is 5.49. The van der Waals surface area contributed by atoms with Gasteiger partial charge in [-0.2, -0.15) is 0 Å². The zero-order chi connectivity index (χ0) is 14.0. The third-order valence-electron chi connectivity index (χ3n) is 2.55. The van der Waals surface area contributed by atoms with Gasteiger partial charge >= 0.3 is 0 Å². The molecule has 0 radical (unpaired) electrons. The van der Waals surface area contributed by atoms with E-state index in [1.54, 1.807) is 13.0 Å². The molecule has 0 atom stereocenters. The maximum atomic E-state index is 12.0. The lowest BCUT2D eigenvalue weighted by atomic mass is 10.1. The van der Waals surface area contributed by atoms with Gasteiger partial charge in [-0.3, -0.25) is 4.79 Å². The summed E-state index contributed by atoms with van der Waals surface area (Å²) >= 11 is 5.80. The number of hydrogen-bond acceptors (Lipinski definition) is 4. The lowest BCUT2D eigenvalue weighted by Gasteiger charge is -2.08. The molecule has 2 aromatic rings. The molecule has 0 spiro atoms. The predicted molar refractivity (Wildman–Crippen MR) is 74.5 cm³/mol. The average molecular weight is 278 g/mol. The number of aryl methyl sites for hydroxylation is 1. The van der Waals surface area contributed by atoms with E-state index in [2.05, 4.69) is 10.3 Å². The van der Waals surface area contributed by atoms with E-state index in [0.29, 0.717) is 10.8 Å². The highest BCUT2D eigenvalue weighted by molar-refractivity contribution is 6.30. The third kappa shape index (κ3) is 2.95. The number of phenolic OH excluding ortho intramolecular Hbond substituents is 1. The Hall–Kier alpha value is -2.27. The van der Waals surface area contributed by atoms with Crippen LogP contribution < -0.4 is 11.1 Å².